The maximum absolute atomic E-state index is 12.8. The molecule has 0 saturated carbocycles. The topological polar surface area (TPSA) is 58.6 Å². The highest BCUT2D eigenvalue weighted by molar-refractivity contribution is 5.99. The van der Waals surface area contributed by atoms with Gasteiger partial charge in [-0.25, -0.2) is 0 Å². The summed E-state index contributed by atoms with van der Waals surface area (Å²) in [7, 11) is 0. The minimum absolute atomic E-state index is 0.0315. The molecule has 20 heavy (non-hydrogen) atoms. The minimum atomic E-state index is -0.699. The molecule has 2 aliphatic heterocycles. The molecule has 2 saturated heterocycles. The quantitative estimate of drug-likeness (QED) is 0.827. The Morgan fingerprint density at radius 2 is 2.05 bits per heavy atom. The van der Waals surface area contributed by atoms with Crippen LogP contribution in [0.25, 0.3) is 0 Å². The van der Waals surface area contributed by atoms with Crippen LogP contribution in [-0.4, -0.2) is 48.1 Å². The van der Waals surface area contributed by atoms with Crippen LogP contribution in [0.1, 0.15) is 46.5 Å². The third-order valence-corrected chi connectivity index (χ3v) is 4.89. The molecule has 0 spiro atoms. The van der Waals surface area contributed by atoms with E-state index in [0.717, 1.165) is 26.1 Å². The van der Waals surface area contributed by atoms with E-state index in [1.807, 2.05) is 20.8 Å². The van der Waals surface area contributed by atoms with Gasteiger partial charge in [-0.2, -0.15) is 0 Å². The van der Waals surface area contributed by atoms with Crippen LogP contribution in [0.5, 0.6) is 0 Å². The van der Waals surface area contributed by atoms with Crippen LogP contribution in [0.2, 0.25) is 0 Å². The van der Waals surface area contributed by atoms with Crippen LogP contribution in [0.3, 0.4) is 0 Å². The van der Waals surface area contributed by atoms with Crippen molar-refractivity contribution in [1.29, 1.82) is 0 Å². The average molecular weight is 282 g/mol. The van der Waals surface area contributed by atoms with E-state index in [0.29, 0.717) is 25.3 Å². The summed E-state index contributed by atoms with van der Waals surface area (Å²) < 4.78 is 5.37. The smallest absolute Gasteiger partial charge is 0.248 e. The van der Waals surface area contributed by atoms with Crippen LogP contribution in [0.4, 0.5) is 0 Å². The Hall–Kier alpha value is -1.10. The third kappa shape index (κ3) is 2.68. The maximum atomic E-state index is 12.8. The van der Waals surface area contributed by atoms with Crippen molar-refractivity contribution in [3.63, 3.8) is 0 Å². The summed E-state index contributed by atoms with van der Waals surface area (Å²) >= 11 is 0. The van der Waals surface area contributed by atoms with Gasteiger partial charge in [-0.05, 0) is 38.5 Å². The number of piperazine rings is 1. The summed E-state index contributed by atoms with van der Waals surface area (Å²) in [5, 5.41) is 2.93. The highest BCUT2D eigenvalue weighted by Crippen LogP contribution is 2.26. The number of amides is 2. The van der Waals surface area contributed by atoms with Gasteiger partial charge in [-0.3, -0.25) is 9.59 Å². The first-order valence-corrected chi connectivity index (χ1v) is 7.75. The molecule has 0 bridgehead atoms. The first-order chi connectivity index (χ1) is 9.54. The Bertz CT molecular complexity index is 373. The number of hydrogen-bond acceptors (Lipinski definition) is 3. The minimum Gasteiger partial charge on any atom is -0.381 e. The Morgan fingerprint density at radius 1 is 1.35 bits per heavy atom. The SMILES string of the molecule is CCC1(CC)NC(=O)C(C)N(CCC2CCOC2)C1=O. The fourth-order valence-corrected chi connectivity index (χ4v) is 3.14. The van der Waals surface area contributed by atoms with Gasteiger partial charge in [0.2, 0.25) is 11.8 Å². The van der Waals surface area contributed by atoms with Crippen molar-refractivity contribution < 1.29 is 14.3 Å². The lowest BCUT2D eigenvalue weighted by Gasteiger charge is -2.44. The summed E-state index contributed by atoms with van der Waals surface area (Å²) in [4.78, 5) is 26.7. The standard InChI is InChI=1S/C15H26N2O3/c1-4-15(5-2)14(19)17(11(3)13(18)16-15)8-6-12-7-9-20-10-12/h11-12H,4-10H2,1-3H3,(H,16,18). The third-order valence-electron chi connectivity index (χ3n) is 4.89. The number of hydrogen-bond donors (Lipinski definition) is 1. The van der Waals surface area contributed by atoms with Crippen molar-refractivity contribution in [2.75, 3.05) is 19.8 Å². The molecule has 0 aliphatic carbocycles. The van der Waals surface area contributed by atoms with Gasteiger partial charge in [0.15, 0.2) is 0 Å². The highest BCUT2D eigenvalue weighted by atomic mass is 16.5. The van der Waals surface area contributed by atoms with E-state index < -0.39 is 5.54 Å². The lowest BCUT2D eigenvalue weighted by Crippen LogP contribution is -2.69. The Labute approximate surface area is 121 Å². The van der Waals surface area contributed by atoms with Crippen molar-refractivity contribution in [3.05, 3.63) is 0 Å². The van der Waals surface area contributed by atoms with Gasteiger partial charge in [0.25, 0.3) is 0 Å². The van der Waals surface area contributed by atoms with Crippen molar-refractivity contribution in [2.24, 2.45) is 5.92 Å². The first kappa shape index (κ1) is 15.3. The molecule has 114 valence electrons. The van der Waals surface area contributed by atoms with E-state index in [1.165, 1.54) is 0 Å². The predicted molar refractivity (Wildman–Crippen MR) is 76.2 cm³/mol. The van der Waals surface area contributed by atoms with E-state index in [9.17, 15) is 9.59 Å². The van der Waals surface area contributed by atoms with Gasteiger partial charge in [0.05, 0.1) is 0 Å². The predicted octanol–water partition coefficient (Wildman–Crippen LogP) is 1.32. The Kier molecular flexibility index (Phi) is 4.68. The van der Waals surface area contributed by atoms with Crippen molar-refractivity contribution in [1.82, 2.24) is 10.2 Å². The molecule has 0 aromatic rings. The molecule has 5 heteroatoms. The zero-order valence-electron chi connectivity index (χ0n) is 12.8. The molecule has 1 N–H and O–H groups in total. The lowest BCUT2D eigenvalue weighted by molar-refractivity contribution is -0.155. The van der Waals surface area contributed by atoms with Gasteiger partial charge in [-0.1, -0.05) is 13.8 Å². The lowest BCUT2D eigenvalue weighted by atomic mass is 9.87. The summed E-state index contributed by atoms with van der Waals surface area (Å²) in [5.41, 5.74) is -0.699. The largest absolute Gasteiger partial charge is 0.381 e. The van der Waals surface area contributed by atoms with E-state index in [1.54, 1.807) is 4.90 Å². The van der Waals surface area contributed by atoms with E-state index >= 15 is 0 Å². The Balaban J connectivity index is 2.07. The second kappa shape index (κ2) is 6.12. The number of nitrogens with one attached hydrogen (secondary N) is 1. The second-order valence-corrected chi connectivity index (χ2v) is 5.97. The number of nitrogens with zero attached hydrogens (tertiary/aromatic N) is 1. The number of rotatable bonds is 5. The van der Waals surface area contributed by atoms with Crippen LogP contribution in [0.15, 0.2) is 0 Å². The van der Waals surface area contributed by atoms with Crippen LogP contribution in [0, 0.1) is 5.92 Å². The molecular weight excluding hydrogens is 256 g/mol. The molecule has 2 rings (SSSR count). The fraction of sp³-hybridized carbons (Fsp3) is 0.867. The van der Waals surface area contributed by atoms with Gasteiger partial charge in [0.1, 0.15) is 11.6 Å². The summed E-state index contributed by atoms with van der Waals surface area (Å²) in [6, 6.07) is -0.365. The molecule has 2 unspecified atom stereocenters. The number of carbonyl (C=O) groups excluding carboxylic acids is 2. The van der Waals surface area contributed by atoms with Crippen LogP contribution >= 0.6 is 0 Å². The molecule has 2 heterocycles. The zero-order chi connectivity index (χ0) is 14.8. The first-order valence-electron chi connectivity index (χ1n) is 7.75. The van der Waals surface area contributed by atoms with Gasteiger partial charge in [-0.15, -0.1) is 0 Å². The van der Waals surface area contributed by atoms with Gasteiger partial charge in [0, 0.05) is 19.8 Å². The molecule has 2 atom stereocenters. The van der Waals surface area contributed by atoms with Crippen molar-refractivity contribution in [2.45, 2.75) is 58.0 Å². The maximum Gasteiger partial charge on any atom is 0.248 e. The zero-order valence-corrected chi connectivity index (χ0v) is 12.8. The monoisotopic (exact) mass is 282 g/mol. The normalized spacial score (nSPS) is 29.6. The average Bonchev–Trinajstić information content (AvgIpc) is 2.96. The second-order valence-electron chi connectivity index (χ2n) is 5.97. The molecular formula is C15H26N2O3. The summed E-state index contributed by atoms with van der Waals surface area (Å²) in [6.45, 7) is 8.00. The summed E-state index contributed by atoms with van der Waals surface area (Å²) in [6.07, 6.45) is 3.27. The molecule has 2 fully saturated rings. The van der Waals surface area contributed by atoms with Crippen LogP contribution < -0.4 is 5.32 Å². The number of ether oxygens (including phenoxy) is 1. The Morgan fingerprint density at radius 3 is 2.60 bits per heavy atom. The molecule has 0 aromatic heterocycles. The number of carbonyl (C=O) groups is 2. The molecule has 2 amide bonds. The van der Waals surface area contributed by atoms with E-state index in [2.05, 4.69) is 5.32 Å². The van der Waals surface area contributed by atoms with Crippen molar-refractivity contribution in [3.8, 4) is 0 Å². The van der Waals surface area contributed by atoms with E-state index in [4.69, 9.17) is 4.74 Å². The van der Waals surface area contributed by atoms with Crippen LogP contribution in [-0.2, 0) is 14.3 Å². The molecule has 0 aromatic carbocycles. The van der Waals surface area contributed by atoms with Gasteiger partial charge < -0.3 is 15.0 Å². The molecule has 0 radical (unpaired) electrons. The summed E-state index contributed by atoms with van der Waals surface area (Å²) in [5.74, 6) is 0.571. The van der Waals surface area contributed by atoms with Crippen molar-refractivity contribution >= 4 is 11.8 Å². The van der Waals surface area contributed by atoms with E-state index in [-0.39, 0.29) is 17.9 Å². The molecule has 2 aliphatic rings. The molecule has 5 nitrogen and oxygen atoms in total. The highest BCUT2D eigenvalue weighted by Gasteiger charge is 2.47. The fourth-order valence-electron chi connectivity index (χ4n) is 3.14. The van der Waals surface area contributed by atoms with Gasteiger partial charge >= 0.3 is 0 Å².